The minimum Gasteiger partial charge on any atom is -0.378 e. The van der Waals surface area contributed by atoms with Gasteiger partial charge in [0.1, 0.15) is 0 Å². The summed E-state index contributed by atoms with van der Waals surface area (Å²) in [6.45, 7) is 3.25. The molecule has 0 unspecified atom stereocenters. The Morgan fingerprint density at radius 2 is 1.87 bits per heavy atom. The van der Waals surface area contributed by atoms with Gasteiger partial charge in [0, 0.05) is 5.02 Å². The normalized spacial score (nSPS) is 17.3. The average Bonchev–Trinajstić information content (AvgIpc) is 2.30. The number of hydrazone groups is 1. The van der Waals surface area contributed by atoms with Gasteiger partial charge in [-0.1, -0.05) is 23.7 Å². The molecular weight excluding hydrogens is 212 g/mol. The van der Waals surface area contributed by atoms with Crippen LogP contribution < -0.4 is 0 Å². The van der Waals surface area contributed by atoms with Crippen LogP contribution in [0.1, 0.15) is 5.56 Å². The molecule has 1 aliphatic rings. The van der Waals surface area contributed by atoms with Gasteiger partial charge in [0.05, 0.1) is 32.5 Å². The summed E-state index contributed by atoms with van der Waals surface area (Å²) < 4.78 is 5.23. The molecule has 0 amide bonds. The summed E-state index contributed by atoms with van der Waals surface area (Å²) in [4.78, 5) is 0. The first-order valence-electron chi connectivity index (χ1n) is 4.97. The molecule has 1 aliphatic heterocycles. The van der Waals surface area contributed by atoms with E-state index in [4.69, 9.17) is 16.3 Å². The number of ether oxygens (including phenoxy) is 1. The van der Waals surface area contributed by atoms with Crippen LogP contribution in [0.4, 0.5) is 0 Å². The molecule has 0 N–H and O–H groups in total. The van der Waals surface area contributed by atoms with Crippen LogP contribution >= 0.6 is 11.6 Å². The van der Waals surface area contributed by atoms with Gasteiger partial charge >= 0.3 is 0 Å². The van der Waals surface area contributed by atoms with E-state index in [0.29, 0.717) is 0 Å². The van der Waals surface area contributed by atoms with Crippen LogP contribution in [0.2, 0.25) is 5.02 Å². The summed E-state index contributed by atoms with van der Waals surface area (Å²) in [5.41, 5.74) is 1.06. The molecule has 1 aromatic rings. The first kappa shape index (κ1) is 10.5. The minimum atomic E-state index is 0.749. The van der Waals surface area contributed by atoms with Gasteiger partial charge in [-0.2, -0.15) is 5.10 Å². The molecule has 0 bridgehead atoms. The Kier molecular flexibility index (Phi) is 3.59. The molecule has 1 fully saturated rings. The van der Waals surface area contributed by atoms with Crippen LogP contribution in [0.3, 0.4) is 0 Å². The Hall–Kier alpha value is -1.06. The fraction of sp³-hybridized carbons (Fsp3) is 0.364. The lowest BCUT2D eigenvalue weighted by Crippen LogP contribution is -2.32. The first-order valence-corrected chi connectivity index (χ1v) is 5.34. The molecule has 0 aromatic heterocycles. The van der Waals surface area contributed by atoms with Crippen molar-refractivity contribution in [3.63, 3.8) is 0 Å². The third kappa shape index (κ3) is 3.22. The molecular formula is C11H13ClN2O. The molecule has 0 atom stereocenters. The molecule has 0 aliphatic carbocycles. The molecule has 1 heterocycles. The van der Waals surface area contributed by atoms with E-state index in [1.807, 2.05) is 35.5 Å². The highest BCUT2D eigenvalue weighted by molar-refractivity contribution is 6.30. The molecule has 3 nitrogen and oxygen atoms in total. The van der Waals surface area contributed by atoms with E-state index < -0.39 is 0 Å². The van der Waals surface area contributed by atoms with Crippen molar-refractivity contribution in [2.45, 2.75) is 0 Å². The second kappa shape index (κ2) is 5.14. The van der Waals surface area contributed by atoms with Gasteiger partial charge in [-0.3, -0.25) is 5.01 Å². The topological polar surface area (TPSA) is 24.8 Å². The predicted molar refractivity (Wildman–Crippen MR) is 61.4 cm³/mol. The zero-order valence-electron chi connectivity index (χ0n) is 8.40. The Morgan fingerprint density at radius 1 is 1.20 bits per heavy atom. The van der Waals surface area contributed by atoms with E-state index in [-0.39, 0.29) is 0 Å². The highest BCUT2D eigenvalue weighted by atomic mass is 35.5. The highest BCUT2D eigenvalue weighted by Gasteiger charge is 2.05. The predicted octanol–water partition coefficient (Wildman–Crippen LogP) is 2.01. The van der Waals surface area contributed by atoms with Crippen molar-refractivity contribution in [2.24, 2.45) is 5.10 Å². The van der Waals surface area contributed by atoms with Crippen molar-refractivity contribution in [2.75, 3.05) is 26.3 Å². The summed E-state index contributed by atoms with van der Waals surface area (Å²) in [5, 5.41) is 7.13. The van der Waals surface area contributed by atoms with Gasteiger partial charge in [0.15, 0.2) is 0 Å². The van der Waals surface area contributed by atoms with Crippen LogP contribution in [0, 0.1) is 0 Å². The minimum absolute atomic E-state index is 0.749. The maximum absolute atomic E-state index is 5.79. The van der Waals surface area contributed by atoms with E-state index in [9.17, 15) is 0 Å². The van der Waals surface area contributed by atoms with E-state index in [1.54, 1.807) is 0 Å². The Bertz CT molecular complexity index is 331. The summed E-state index contributed by atoms with van der Waals surface area (Å²) in [5.74, 6) is 0. The SMILES string of the molecule is Clc1ccc(C=NN2CCOCC2)cc1. The number of rotatable bonds is 2. The third-order valence-electron chi connectivity index (χ3n) is 2.23. The molecule has 0 saturated carbocycles. The molecule has 4 heteroatoms. The summed E-state index contributed by atoms with van der Waals surface area (Å²) in [7, 11) is 0. The van der Waals surface area contributed by atoms with Gasteiger partial charge in [0.25, 0.3) is 0 Å². The summed E-state index contributed by atoms with van der Waals surface area (Å²) >= 11 is 5.79. The van der Waals surface area contributed by atoms with Crippen LogP contribution in [0.25, 0.3) is 0 Å². The molecule has 0 spiro atoms. The number of benzene rings is 1. The summed E-state index contributed by atoms with van der Waals surface area (Å²) in [6, 6.07) is 7.63. The largest absolute Gasteiger partial charge is 0.378 e. The monoisotopic (exact) mass is 224 g/mol. The molecule has 1 aromatic carbocycles. The molecule has 15 heavy (non-hydrogen) atoms. The second-order valence-corrected chi connectivity index (χ2v) is 3.80. The Morgan fingerprint density at radius 3 is 2.53 bits per heavy atom. The zero-order valence-corrected chi connectivity index (χ0v) is 9.15. The lowest BCUT2D eigenvalue weighted by Gasteiger charge is -2.23. The molecule has 1 saturated heterocycles. The second-order valence-electron chi connectivity index (χ2n) is 3.36. The lowest BCUT2D eigenvalue weighted by atomic mass is 10.2. The fourth-order valence-corrected chi connectivity index (χ4v) is 1.49. The maximum Gasteiger partial charge on any atom is 0.0659 e. The molecule has 2 rings (SSSR count). The van der Waals surface area contributed by atoms with Crippen molar-refractivity contribution in [3.8, 4) is 0 Å². The average molecular weight is 225 g/mol. The lowest BCUT2D eigenvalue weighted by molar-refractivity contribution is 0.0397. The van der Waals surface area contributed by atoms with Crippen LogP contribution in [-0.2, 0) is 4.74 Å². The van der Waals surface area contributed by atoms with Crippen LogP contribution in [-0.4, -0.2) is 37.5 Å². The van der Waals surface area contributed by atoms with Gasteiger partial charge in [-0.25, -0.2) is 0 Å². The van der Waals surface area contributed by atoms with E-state index in [2.05, 4.69) is 5.10 Å². The van der Waals surface area contributed by atoms with E-state index in [0.717, 1.165) is 36.9 Å². The van der Waals surface area contributed by atoms with E-state index in [1.165, 1.54) is 0 Å². The smallest absolute Gasteiger partial charge is 0.0659 e. The third-order valence-corrected chi connectivity index (χ3v) is 2.48. The van der Waals surface area contributed by atoms with Crippen molar-refractivity contribution >= 4 is 17.8 Å². The fourth-order valence-electron chi connectivity index (χ4n) is 1.37. The van der Waals surface area contributed by atoms with Crippen LogP contribution in [0.5, 0.6) is 0 Å². The van der Waals surface area contributed by atoms with Gasteiger partial charge in [-0.05, 0) is 17.7 Å². The number of halogens is 1. The Balaban J connectivity index is 1.95. The van der Waals surface area contributed by atoms with Crippen molar-refractivity contribution in [1.29, 1.82) is 0 Å². The highest BCUT2D eigenvalue weighted by Crippen LogP contribution is 2.08. The van der Waals surface area contributed by atoms with Crippen molar-refractivity contribution in [1.82, 2.24) is 5.01 Å². The standard InChI is InChI=1S/C11H13ClN2O/c12-11-3-1-10(2-4-11)9-13-14-5-7-15-8-6-14/h1-4,9H,5-8H2. The van der Waals surface area contributed by atoms with Crippen molar-refractivity contribution < 1.29 is 4.74 Å². The molecule has 80 valence electrons. The quantitative estimate of drug-likeness (QED) is 0.718. The number of nitrogens with zero attached hydrogens (tertiary/aromatic N) is 2. The number of morpholine rings is 1. The number of hydrogen-bond acceptors (Lipinski definition) is 3. The van der Waals surface area contributed by atoms with Crippen molar-refractivity contribution in [3.05, 3.63) is 34.9 Å². The summed E-state index contributed by atoms with van der Waals surface area (Å²) in [6.07, 6.45) is 1.85. The number of hydrogen-bond donors (Lipinski definition) is 0. The maximum atomic E-state index is 5.79. The van der Waals surface area contributed by atoms with Gasteiger partial charge in [-0.15, -0.1) is 0 Å². The van der Waals surface area contributed by atoms with E-state index >= 15 is 0 Å². The van der Waals surface area contributed by atoms with Gasteiger partial charge in [0.2, 0.25) is 0 Å². The Labute approximate surface area is 94.3 Å². The van der Waals surface area contributed by atoms with Gasteiger partial charge < -0.3 is 4.74 Å². The first-order chi connectivity index (χ1) is 7.34. The van der Waals surface area contributed by atoms with Crippen LogP contribution in [0.15, 0.2) is 29.4 Å². The molecule has 0 radical (unpaired) electrons. The zero-order chi connectivity index (χ0) is 10.5.